The maximum atomic E-state index is 10.3. The largest absolute Gasteiger partial charge is 0.465 e. The van der Waals surface area contributed by atoms with Gasteiger partial charge in [-0.3, -0.25) is 5.32 Å². The molecule has 4 N–H and O–H groups in total. The van der Waals surface area contributed by atoms with E-state index in [4.69, 9.17) is 21.8 Å². The van der Waals surface area contributed by atoms with Crippen molar-refractivity contribution in [1.29, 1.82) is 0 Å². The maximum absolute atomic E-state index is 10.3. The summed E-state index contributed by atoms with van der Waals surface area (Å²) in [6.45, 7) is 0. The number of anilines is 1. The van der Waals surface area contributed by atoms with Crippen molar-refractivity contribution in [3.05, 3.63) is 16.8 Å². The molecule has 86 valence electrons. The highest BCUT2D eigenvalue weighted by atomic mass is 35.5. The lowest BCUT2D eigenvalue weighted by atomic mass is 10.6. The standard InChI is InChI=1S/C6H5ClN4O5/c7-2-1-3(9-5(12)13)11(16)4(8-2)10-6(14)15/h1,9,16H,(H,12,13)(H,14,15). The van der Waals surface area contributed by atoms with Crippen LogP contribution in [0.5, 0.6) is 0 Å². The SMILES string of the molecule is O=C(O)N=c1nc(Cl)cc(NC(=O)O)n1O. The first kappa shape index (κ1) is 11.8. The molecular formula is C6H5ClN4O5. The first-order valence-electron chi connectivity index (χ1n) is 3.66. The van der Waals surface area contributed by atoms with Gasteiger partial charge in [0.05, 0.1) is 0 Å². The number of halogens is 1. The first-order chi connectivity index (χ1) is 7.40. The van der Waals surface area contributed by atoms with Gasteiger partial charge in [-0.1, -0.05) is 11.6 Å². The van der Waals surface area contributed by atoms with E-state index in [-0.39, 0.29) is 15.7 Å². The molecule has 0 bridgehead atoms. The number of carboxylic acid groups (broad SMARTS) is 2. The van der Waals surface area contributed by atoms with E-state index in [2.05, 4.69) is 9.98 Å². The molecule has 0 aliphatic carbocycles. The van der Waals surface area contributed by atoms with Crippen molar-refractivity contribution in [1.82, 2.24) is 9.71 Å². The van der Waals surface area contributed by atoms with E-state index in [1.54, 1.807) is 5.32 Å². The smallest absolute Gasteiger partial charge is 0.434 e. The molecule has 0 aliphatic rings. The lowest BCUT2D eigenvalue weighted by Gasteiger charge is -2.05. The van der Waals surface area contributed by atoms with Crippen LogP contribution in [0.25, 0.3) is 0 Å². The predicted octanol–water partition coefficient (Wildman–Crippen LogP) is 0.442. The van der Waals surface area contributed by atoms with Crippen molar-refractivity contribution in [3.8, 4) is 0 Å². The lowest BCUT2D eigenvalue weighted by Crippen LogP contribution is -2.27. The molecule has 9 nitrogen and oxygen atoms in total. The monoisotopic (exact) mass is 248 g/mol. The summed E-state index contributed by atoms with van der Waals surface area (Å²) in [7, 11) is 0. The Bertz CT molecular complexity index is 510. The number of nitrogens with one attached hydrogen (secondary N) is 1. The predicted molar refractivity (Wildman–Crippen MR) is 49.7 cm³/mol. The van der Waals surface area contributed by atoms with Gasteiger partial charge in [0, 0.05) is 6.07 Å². The van der Waals surface area contributed by atoms with Crippen LogP contribution in [0.15, 0.2) is 11.1 Å². The third-order valence-corrected chi connectivity index (χ3v) is 1.50. The number of aromatic nitrogens is 2. The molecule has 10 heteroatoms. The van der Waals surface area contributed by atoms with E-state index in [1.165, 1.54) is 0 Å². The van der Waals surface area contributed by atoms with Crippen molar-refractivity contribution in [2.45, 2.75) is 0 Å². The minimum atomic E-state index is -1.61. The fraction of sp³-hybridized carbons (Fsp3) is 0. The second kappa shape index (κ2) is 4.49. The molecule has 0 atom stereocenters. The molecule has 1 rings (SSSR count). The summed E-state index contributed by atoms with van der Waals surface area (Å²) < 4.78 is 0.147. The molecule has 0 radical (unpaired) electrons. The Morgan fingerprint density at radius 1 is 1.50 bits per heavy atom. The highest BCUT2D eigenvalue weighted by molar-refractivity contribution is 6.29. The topological polar surface area (TPSA) is 137 Å². The van der Waals surface area contributed by atoms with Crippen LogP contribution >= 0.6 is 11.6 Å². The maximum Gasteiger partial charge on any atom is 0.434 e. The van der Waals surface area contributed by atoms with Crippen LogP contribution in [0, 0.1) is 0 Å². The Morgan fingerprint density at radius 3 is 2.62 bits per heavy atom. The van der Waals surface area contributed by atoms with Gasteiger partial charge in [0.15, 0.2) is 5.82 Å². The van der Waals surface area contributed by atoms with Crippen molar-refractivity contribution in [2.75, 3.05) is 5.32 Å². The average molecular weight is 249 g/mol. The minimum absolute atomic E-state index is 0.147. The summed E-state index contributed by atoms with van der Waals surface area (Å²) in [6, 6.07) is 0.983. The highest BCUT2D eigenvalue weighted by Crippen LogP contribution is 2.08. The zero-order chi connectivity index (χ0) is 12.3. The van der Waals surface area contributed by atoms with Crippen LogP contribution in [0.3, 0.4) is 0 Å². The van der Waals surface area contributed by atoms with E-state index in [9.17, 15) is 14.8 Å². The Hall–Kier alpha value is -2.29. The second-order valence-electron chi connectivity index (χ2n) is 2.40. The number of amides is 2. The van der Waals surface area contributed by atoms with Crippen LogP contribution < -0.4 is 10.9 Å². The summed E-state index contributed by atoms with van der Waals surface area (Å²) in [4.78, 5) is 26.8. The Balaban J connectivity index is 3.37. The normalized spacial score (nSPS) is 11.2. The fourth-order valence-corrected chi connectivity index (χ4v) is 0.992. The van der Waals surface area contributed by atoms with E-state index in [0.29, 0.717) is 0 Å². The lowest BCUT2D eigenvalue weighted by molar-refractivity contribution is 0.166. The van der Waals surface area contributed by atoms with Crippen molar-refractivity contribution < 1.29 is 25.0 Å². The molecule has 0 spiro atoms. The van der Waals surface area contributed by atoms with E-state index in [0.717, 1.165) is 6.07 Å². The molecule has 0 aromatic carbocycles. The summed E-state index contributed by atoms with van der Waals surface area (Å²) in [5, 5.41) is 27.6. The molecule has 1 heterocycles. The first-order valence-corrected chi connectivity index (χ1v) is 4.04. The van der Waals surface area contributed by atoms with Gasteiger partial charge in [-0.2, -0.15) is 4.98 Å². The second-order valence-corrected chi connectivity index (χ2v) is 2.79. The van der Waals surface area contributed by atoms with Crippen LogP contribution in [-0.2, 0) is 0 Å². The third kappa shape index (κ3) is 2.85. The van der Waals surface area contributed by atoms with Gasteiger partial charge in [-0.15, -0.1) is 9.72 Å². The fourth-order valence-electron chi connectivity index (χ4n) is 0.813. The molecule has 0 saturated carbocycles. The molecule has 2 amide bonds. The van der Waals surface area contributed by atoms with Gasteiger partial charge < -0.3 is 15.4 Å². The summed E-state index contributed by atoms with van der Waals surface area (Å²) in [6.07, 6.45) is -3.08. The van der Waals surface area contributed by atoms with Crippen molar-refractivity contribution in [3.63, 3.8) is 0 Å². The van der Waals surface area contributed by atoms with Crippen LogP contribution in [0.2, 0.25) is 5.15 Å². The van der Waals surface area contributed by atoms with Gasteiger partial charge in [0.2, 0.25) is 0 Å². The molecule has 0 fully saturated rings. The van der Waals surface area contributed by atoms with Gasteiger partial charge in [-0.05, 0) is 0 Å². The number of carbonyl (C=O) groups is 2. The third-order valence-electron chi connectivity index (χ3n) is 1.31. The van der Waals surface area contributed by atoms with Crippen LogP contribution in [0.4, 0.5) is 15.4 Å². The zero-order valence-electron chi connectivity index (χ0n) is 7.46. The molecular weight excluding hydrogens is 244 g/mol. The van der Waals surface area contributed by atoms with Gasteiger partial charge >= 0.3 is 12.2 Å². The molecule has 16 heavy (non-hydrogen) atoms. The summed E-state index contributed by atoms with van der Waals surface area (Å²) in [5.41, 5.74) is -0.663. The molecule has 1 aromatic heterocycles. The molecule has 0 saturated heterocycles. The molecule has 1 aromatic rings. The number of hydrogen-bond acceptors (Lipinski definition) is 4. The van der Waals surface area contributed by atoms with Crippen molar-refractivity contribution in [2.24, 2.45) is 4.99 Å². The average Bonchev–Trinajstić information content (AvgIpc) is 2.11. The molecule has 0 unspecified atom stereocenters. The van der Waals surface area contributed by atoms with Gasteiger partial charge in [-0.25, -0.2) is 9.59 Å². The quantitative estimate of drug-likeness (QED) is 0.420. The summed E-state index contributed by atoms with van der Waals surface area (Å²) >= 11 is 5.47. The van der Waals surface area contributed by atoms with Gasteiger partial charge in [0.25, 0.3) is 5.62 Å². The Labute approximate surface area is 92.2 Å². The summed E-state index contributed by atoms with van der Waals surface area (Å²) in [5.74, 6) is -0.382. The van der Waals surface area contributed by atoms with Crippen LogP contribution in [0.1, 0.15) is 0 Å². The Morgan fingerprint density at radius 2 is 2.12 bits per heavy atom. The van der Waals surface area contributed by atoms with Crippen molar-refractivity contribution >= 4 is 29.6 Å². The molecule has 0 aliphatic heterocycles. The highest BCUT2D eigenvalue weighted by Gasteiger charge is 2.08. The number of nitrogens with zero attached hydrogens (tertiary/aromatic N) is 3. The van der Waals surface area contributed by atoms with E-state index < -0.39 is 17.8 Å². The van der Waals surface area contributed by atoms with Gasteiger partial charge in [0.1, 0.15) is 5.15 Å². The Kier molecular flexibility index (Phi) is 3.30. The van der Waals surface area contributed by atoms with E-state index >= 15 is 0 Å². The zero-order valence-corrected chi connectivity index (χ0v) is 8.21. The van der Waals surface area contributed by atoms with Crippen LogP contribution in [-0.4, -0.2) is 37.3 Å². The minimum Gasteiger partial charge on any atom is -0.465 e. The number of rotatable bonds is 1. The van der Waals surface area contributed by atoms with E-state index in [1.807, 2.05) is 0 Å². The number of hydrogen-bond donors (Lipinski definition) is 4.